The van der Waals surface area contributed by atoms with E-state index in [1.54, 1.807) is 11.7 Å². The monoisotopic (exact) mass is 279 g/mol. The number of piperidine rings is 1. The van der Waals surface area contributed by atoms with Crippen LogP contribution in [-0.2, 0) is 13.5 Å². The number of anilines is 1. The number of carbonyl (C=O) groups is 1. The number of nitrogen functional groups attached to an aromatic ring is 1. The van der Waals surface area contributed by atoms with Crippen LogP contribution >= 0.6 is 0 Å². The Morgan fingerprint density at radius 1 is 1.40 bits per heavy atom. The summed E-state index contributed by atoms with van der Waals surface area (Å²) in [7, 11) is 1.76. The van der Waals surface area contributed by atoms with Crippen molar-refractivity contribution in [2.75, 3.05) is 5.73 Å². The number of nitrogens with zero attached hydrogens (tertiary/aromatic N) is 3. The molecule has 0 aromatic carbocycles. The van der Waals surface area contributed by atoms with E-state index in [1.165, 1.54) is 6.42 Å². The Bertz CT molecular complexity index is 486. The van der Waals surface area contributed by atoms with Crippen LogP contribution < -0.4 is 11.2 Å². The first kappa shape index (κ1) is 14.8. The maximum Gasteiger partial charge on any atom is 0.285 e. The van der Waals surface area contributed by atoms with Crippen molar-refractivity contribution in [3.05, 3.63) is 11.4 Å². The number of hydrogen-bond donors (Lipinski definition) is 2. The molecule has 0 radical (unpaired) electrons. The lowest BCUT2D eigenvalue weighted by molar-refractivity contribution is 0.0364. The largest absolute Gasteiger partial charge is 0.395 e. The van der Waals surface area contributed by atoms with Crippen molar-refractivity contribution < 1.29 is 4.79 Å². The van der Waals surface area contributed by atoms with Gasteiger partial charge in [0.1, 0.15) is 0 Å². The SMILES string of the molecule is CCc1nn(C)c(C(=O)NN2C(C)CCCC2C)c1N. The van der Waals surface area contributed by atoms with Crippen molar-refractivity contribution in [3.63, 3.8) is 0 Å². The first-order valence-electron chi connectivity index (χ1n) is 7.36. The molecule has 2 rings (SSSR count). The van der Waals surface area contributed by atoms with Gasteiger partial charge in [0.25, 0.3) is 5.91 Å². The van der Waals surface area contributed by atoms with Gasteiger partial charge in [0, 0.05) is 19.1 Å². The Labute approximate surface area is 120 Å². The zero-order valence-corrected chi connectivity index (χ0v) is 12.8. The molecule has 6 nitrogen and oxygen atoms in total. The third-order valence-electron chi connectivity index (χ3n) is 4.13. The van der Waals surface area contributed by atoms with E-state index in [0.29, 0.717) is 23.5 Å². The van der Waals surface area contributed by atoms with Gasteiger partial charge in [-0.3, -0.25) is 14.9 Å². The van der Waals surface area contributed by atoms with Crippen molar-refractivity contribution in [2.45, 2.75) is 58.5 Å². The Morgan fingerprint density at radius 2 is 2.00 bits per heavy atom. The molecule has 1 aromatic heterocycles. The summed E-state index contributed by atoms with van der Waals surface area (Å²) in [6, 6.07) is 0.700. The van der Waals surface area contributed by atoms with Crippen molar-refractivity contribution in [1.29, 1.82) is 0 Å². The highest BCUT2D eigenvalue weighted by Crippen LogP contribution is 2.22. The predicted octanol–water partition coefficient (Wildman–Crippen LogP) is 1.47. The summed E-state index contributed by atoms with van der Waals surface area (Å²) in [5.41, 5.74) is 10.8. The second-order valence-electron chi connectivity index (χ2n) is 5.66. The molecule has 1 saturated heterocycles. The summed E-state index contributed by atoms with van der Waals surface area (Å²) >= 11 is 0. The minimum atomic E-state index is -0.169. The van der Waals surface area contributed by atoms with Gasteiger partial charge in [0.15, 0.2) is 5.69 Å². The van der Waals surface area contributed by atoms with Crippen molar-refractivity contribution in [2.24, 2.45) is 7.05 Å². The summed E-state index contributed by atoms with van der Waals surface area (Å²) < 4.78 is 1.57. The van der Waals surface area contributed by atoms with Crippen molar-refractivity contribution >= 4 is 11.6 Å². The predicted molar refractivity (Wildman–Crippen MR) is 79.1 cm³/mol. The molecule has 0 bridgehead atoms. The highest BCUT2D eigenvalue weighted by molar-refractivity contribution is 5.97. The van der Waals surface area contributed by atoms with Crippen LogP contribution in [0.1, 0.15) is 56.2 Å². The molecule has 112 valence electrons. The van der Waals surface area contributed by atoms with Crippen LogP contribution in [0.15, 0.2) is 0 Å². The highest BCUT2D eigenvalue weighted by Gasteiger charge is 2.28. The van der Waals surface area contributed by atoms with Crippen LogP contribution in [0.5, 0.6) is 0 Å². The fraction of sp³-hybridized carbons (Fsp3) is 0.714. The van der Waals surface area contributed by atoms with Crippen LogP contribution in [0.2, 0.25) is 0 Å². The first-order chi connectivity index (χ1) is 9.45. The lowest BCUT2D eigenvalue weighted by Gasteiger charge is -2.38. The van der Waals surface area contributed by atoms with E-state index < -0.39 is 0 Å². The molecule has 0 aliphatic carbocycles. The molecule has 1 amide bonds. The molecule has 1 aromatic rings. The maximum absolute atomic E-state index is 12.5. The first-order valence-corrected chi connectivity index (χ1v) is 7.36. The van der Waals surface area contributed by atoms with Crippen LogP contribution in [-0.4, -0.2) is 32.8 Å². The average molecular weight is 279 g/mol. The Hall–Kier alpha value is -1.56. The third-order valence-corrected chi connectivity index (χ3v) is 4.13. The summed E-state index contributed by atoms with van der Waals surface area (Å²) in [6.07, 6.45) is 4.14. The minimum Gasteiger partial charge on any atom is -0.395 e. The lowest BCUT2D eigenvalue weighted by Crippen LogP contribution is -2.54. The van der Waals surface area contributed by atoms with E-state index in [0.717, 1.165) is 25.0 Å². The van der Waals surface area contributed by atoms with Gasteiger partial charge in [-0.1, -0.05) is 13.3 Å². The molecule has 2 atom stereocenters. The molecule has 1 aliphatic heterocycles. The average Bonchev–Trinajstić information content (AvgIpc) is 2.68. The molecular formula is C14H25N5O. The number of carbonyl (C=O) groups excluding carboxylic acids is 1. The number of aryl methyl sites for hydroxylation is 2. The van der Waals surface area contributed by atoms with E-state index in [9.17, 15) is 4.79 Å². The summed E-state index contributed by atoms with van der Waals surface area (Å²) in [5.74, 6) is -0.169. The normalized spacial score (nSPS) is 23.8. The number of hydrogen-bond acceptors (Lipinski definition) is 4. The van der Waals surface area contributed by atoms with E-state index in [2.05, 4.69) is 24.4 Å². The highest BCUT2D eigenvalue weighted by atomic mass is 16.2. The molecule has 6 heteroatoms. The number of nitrogens with two attached hydrogens (primary N) is 1. The van der Waals surface area contributed by atoms with Gasteiger partial charge in [0.2, 0.25) is 0 Å². The smallest absolute Gasteiger partial charge is 0.285 e. The standard InChI is InChI=1S/C14H25N5O/c1-5-11-12(15)13(18(4)16-11)14(20)17-19-9(2)7-6-8-10(19)3/h9-10H,5-8,15H2,1-4H3,(H,17,20). The van der Waals surface area contributed by atoms with Gasteiger partial charge in [-0.05, 0) is 33.1 Å². The van der Waals surface area contributed by atoms with E-state index in [4.69, 9.17) is 5.73 Å². The Kier molecular flexibility index (Phi) is 4.32. The van der Waals surface area contributed by atoms with Crippen molar-refractivity contribution in [1.82, 2.24) is 20.2 Å². The molecular weight excluding hydrogens is 254 g/mol. The van der Waals surface area contributed by atoms with E-state index in [1.807, 2.05) is 11.9 Å². The second kappa shape index (κ2) is 5.83. The van der Waals surface area contributed by atoms with E-state index in [-0.39, 0.29) is 5.91 Å². The number of aromatic nitrogens is 2. The number of rotatable bonds is 3. The lowest BCUT2D eigenvalue weighted by atomic mass is 10.00. The number of nitrogens with one attached hydrogen (secondary N) is 1. The van der Waals surface area contributed by atoms with Crippen LogP contribution in [0.4, 0.5) is 5.69 Å². The summed E-state index contributed by atoms with van der Waals surface area (Å²) in [4.78, 5) is 12.5. The quantitative estimate of drug-likeness (QED) is 0.878. The van der Waals surface area contributed by atoms with Gasteiger partial charge in [0.05, 0.1) is 11.4 Å². The fourth-order valence-corrected chi connectivity index (χ4v) is 2.94. The molecule has 0 saturated carbocycles. The number of hydrazine groups is 1. The minimum absolute atomic E-state index is 0.169. The summed E-state index contributed by atoms with van der Waals surface area (Å²) in [5, 5.41) is 6.34. The van der Waals surface area contributed by atoms with Gasteiger partial charge < -0.3 is 5.73 Å². The molecule has 1 fully saturated rings. The zero-order valence-electron chi connectivity index (χ0n) is 12.8. The molecule has 2 unspecified atom stereocenters. The Morgan fingerprint density at radius 3 is 2.50 bits per heavy atom. The van der Waals surface area contributed by atoms with Gasteiger partial charge in [-0.15, -0.1) is 0 Å². The summed E-state index contributed by atoms with van der Waals surface area (Å²) in [6.45, 7) is 6.26. The molecule has 20 heavy (non-hydrogen) atoms. The molecule has 1 aliphatic rings. The van der Waals surface area contributed by atoms with Gasteiger partial charge in [-0.25, -0.2) is 5.01 Å². The van der Waals surface area contributed by atoms with Crippen LogP contribution in [0.3, 0.4) is 0 Å². The van der Waals surface area contributed by atoms with E-state index >= 15 is 0 Å². The maximum atomic E-state index is 12.5. The Balaban J connectivity index is 2.17. The topological polar surface area (TPSA) is 76.2 Å². The van der Waals surface area contributed by atoms with Gasteiger partial charge >= 0.3 is 0 Å². The number of amides is 1. The fourth-order valence-electron chi connectivity index (χ4n) is 2.94. The van der Waals surface area contributed by atoms with Crippen molar-refractivity contribution in [3.8, 4) is 0 Å². The van der Waals surface area contributed by atoms with Gasteiger partial charge in [-0.2, -0.15) is 5.10 Å². The van der Waals surface area contributed by atoms with Crippen LogP contribution in [0.25, 0.3) is 0 Å². The molecule has 3 N–H and O–H groups in total. The molecule has 2 heterocycles. The zero-order chi connectivity index (χ0) is 14.9. The molecule has 0 spiro atoms. The van der Waals surface area contributed by atoms with Crippen LogP contribution in [0, 0.1) is 0 Å². The third kappa shape index (κ3) is 2.65. The second-order valence-corrected chi connectivity index (χ2v) is 5.66.